The molecule has 0 amide bonds. The molecule has 0 aromatic rings. The van der Waals surface area contributed by atoms with Crippen LogP contribution in [0, 0.1) is 5.92 Å². The van der Waals surface area contributed by atoms with Crippen LogP contribution in [0.25, 0.3) is 0 Å². The summed E-state index contributed by atoms with van der Waals surface area (Å²) in [6, 6.07) is 0. The smallest absolute Gasteiger partial charge is 0.334 e. The fraction of sp³-hybridized carbons (Fsp3) is 0.667. The van der Waals surface area contributed by atoms with Crippen LogP contribution in [0.15, 0.2) is 23.8 Å². The number of carbonyl (C=O) groups is 1. The summed E-state index contributed by atoms with van der Waals surface area (Å²) in [4.78, 5) is 11.7. The molecule has 2 aliphatic heterocycles. The van der Waals surface area contributed by atoms with Gasteiger partial charge in [0.05, 0.1) is 11.7 Å². The van der Waals surface area contributed by atoms with E-state index in [0.717, 1.165) is 18.4 Å². The van der Waals surface area contributed by atoms with Crippen LogP contribution in [0.5, 0.6) is 0 Å². The Bertz CT molecular complexity index is 467. The molecule has 1 unspecified atom stereocenters. The Morgan fingerprint density at radius 2 is 2.26 bits per heavy atom. The molecule has 2 saturated heterocycles. The maximum Gasteiger partial charge on any atom is 0.334 e. The lowest BCUT2D eigenvalue weighted by atomic mass is 9.83. The molecule has 5 atom stereocenters. The number of hydrogen-bond donors (Lipinski definition) is 1. The van der Waals surface area contributed by atoms with Gasteiger partial charge in [-0.05, 0) is 38.7 Å². The van der Waals surface area contributed by atoms with Gasteiger partial charge in [0.15, 0.2) is 0 Å². The molecular formula is C15H20O4. The summed E-state index contributed by atoms with van der Waals surface area (Å²) in [6.45, 7) is 7.81. The van der Waals surface area contributed by atoms with Crippen molar-refractivity contribution >= 4 is 5.97 Å². The fourth-order valence-electron chi connectivity index (χ4n) is 3.20. The summed E-state index contributed by atoms with van der Waals surface area (Å²) in [6.07, 6.45) is 3.42. The number of carbonyl (C=O) groups excluding carboxylic acids is 1. The molecule has 2 heterocycles. The Morgan fingerprint density at radius 1 is 1.53 bits per heavy atom. The lowest BCUT2D eigenvalue weighted by Gasteiger charge is -2.22. The largest absolute Gasteiger partial charge is 0.455 e. The number of rotatable bonds is 0. The van der Waals surface area contributed by atoms with Crippen molar-refractivity contribution in [3.8, 4) is 0 Å². The molecule has 4 nitrogen and oxygen atoms in total. The molecule has 0 radical (unpaired) electrons. The Balaban J connectivity index is 1.91. The molecule has 1 N–H and O–H groups in total. The number of aliphatic hydroxyl groups excluding tert-OH is 1. The van der Waals surface area contributed by atoms with E-state index in [2.05, 4.69) is 19.6 Å². The Labute approximate surface area is 113 Å². The van der Waals surface area contributed by atoms with E-state index in [-0.39, 0.29) is 29.7 Å². The summed E-state index contributed by atoms with van der Waals surface area (Å²) in [7, 11) is 0. The van der Waals surface area contributed by atoms with Crippen LogP contribution in [0.4, 0.5) is 0 Å². The van der Waals surface area contributed by atoms with Crippen LogP contribution in [0.1, 0.15) is 33.1 Å². The van der Waals surface area contributed by atoms with Gasteiger partial charge in [-0.3, -0.25) is 0 Å². The zero-order valence-corrected chi connectivity index (χ0v) is 11.4. The zero-order valence-electron chi connectivity index (χ0n) is 11.4. The minimum Gasteiger partial charge on any atom is -0.455 e. The summed E-state index contributed by atoms with van der Waals surface area (Å²) < 4.78 is 11.2. The first-order valence-corrected chi connectivity index (χ1v) is 6.85. The molecule has 4 heteroatoms. The Hall–Kier alpha value is -1.13. The topological polar surface area (TPSA) is 59.1 Å². The van der Waals surface area contributed by atoms with Gasteiger partial charge in [-0.15, -0.1) is 0 Å². The van der Waals surface area contributed by atoms with E-state index < -0.39 is 6.10 Å². The summed E-state index contributed by atoms with van der Waals surface area (Å²) in [5.41, 5.74) is 1.22. The summed E-state index contributed by atoms with van der Waals surface area (Å²) >= 11 is 0. The molecule has 19 heavy (non-hydrogen) atoms. The van der Waals surface area contributed by atoms with Gasteiger partial charge in [0.2, 0.25) is 0 Å². The van der Waals surface area contributed by atoms with Crippen molar-refractivity contribution in [2.24, 2.45) is 5.92 Å². The number of hydrogen-bond acceptors (Lipinski definition) is 4. The minimum absolute atomic E-state index is 0.0558. The van der Waals surface area contributed by atoms with Gasteiger partial charge in [-0.2, -0.15) is 0 Å². The molecule has 0 aromatic heterocycles. The molecule has 104 valence electrons. The average Bonchev–Trinajstić information content (AvgIpc) is 2.95. The molecule has 0 bridgehead atoms. The van der Waals surface area contributed by atoms with Gasteiger partial charge < -0.3 is 14.6 Å². The Kier molecular flexibility index (Phi) is 2.84. The van der Waals surface area contributed by atoms with Gasteiger partial charge >= 0.3 is 5.97 Å². The number of aliphatic hydroxyl groups is 1. The Morgan fingerprint density at radius 3 is 3.00 bits per heavy atom. The van der Waals surface area contributed by atoms with Crippen molar-refractivity contribution < 1.29 is 19.4 Å². The summed E-state index contributed by atoms with van der Waals surface area (Å²) in [5, 5.41) is 10.2. The quantitative estimate of drug-likeness (QED) is 0.313. The highest BCUT2D eigenvalue weighted by Crippen LogP contribution is 2.49. The normalized spacial score (nSPS) is 45.9. The van der Waals surface area contributed by atoms with E-state index in [4.69, 9.17) is 9.47 Å². The number of epoxide rings is 1. The first kappa shape index (κ1) is 12.9. The summed E-state index contributed by atoms with van der Waals surface area (Å²) in [5.74, 6) is -0.489. The number of esters is 1. The van der Waals surface area contributed by atoms with Crippen LogP contribution < -0.4 is 0 Å². The highest BCUT2D eigenvalue weighted by atomic mass is 16.6. The van der Waals surface area contributed by atoms with Gasteiger partial charge in [0.25, 0.3) is 0 Å². The fourth-order valence-corrected chi connectivity index (χ4v) is 3.20. The van der Waals surface area contributed by atoms with Crippen LogP contribution in [0.2, 0.25) is 0 Å². The standard InChI is InChI=1S/C15H20O4/c1-8-5-4-6-15(3)13(19-15)12-10(7-11(8)16)9(2)14(17)18-12/h5,10-13,16H,2,4,6-7H2,1,3H3/t10?,11-,12-,13+,15+/m0/s1. The highest BCUT2D eigenvalue weighted by Gasteiger charge is 2.61. The second kappa shape index (κ2) is 4.18. The number of ether oxygens (including phenoxy) is 2. The molecule has 0 spiro atoms. The van der Waals surface area contributed by atoms with Crippen LogP contribution >= 0.6 is 0 Å². The van der Waals surface area contributed by atoms with Crippen molar-refractivity contribution in [2.75, 3.05) is 0 Å². The van der Waals surface area contributed by atoms with Crippen LogP contribution in [-0.4, -0.2) is 35.0 Å². The van der Waals surface area contributed by atoms with E-state index in [9.17, 15) is 9.90 Å². The predicted molar refractivity (Wildman–Crippen MR) is 69.4 cm³/mol. The second-order valence-corrected chi connectivity index (χ2v) is 6.09. The monoisotopic (exact) mass is 264 g/mol. The van der Waals surface area contributed by atoms with Gasteiger partial charge in [-0.25, -0.2) is 4.79 Å². The second-order valence-electron chi connectivity index (χ2n) is 6.09. The number of fused-ring (bicyclic) bond motifs is 3. The van der Waals surface area contributed by atoms with E-state index >= 15 is 0 Å². The SMILES string of the molecule is C=C1C(=O)O[C@H]2C1C[C@H](O)C(C)=CCC[C@@]1(C)O[C@H]21. The van der Waals surface area contributed by atoms with E-state index in [1.807, 2.05) is 6.92 Å². The third-order valence-electron chi connectivity index (χ3n) is 4.70. The van der Waals surface area contributed by atoms with Crippen LogP contribution in [-0.2, 0) is 14.3 Å². The van der Waals surface area contributed by atoms with Gasteiger partial charge in [-0.1, -0.05) is 12.7 Å². The lowest BCUT2D eigenvalue weighted by molar-refractivity contribution is -0.140. The van der Waals surface area contributed by atoms with Crippen LogP contribution in [0.3, 0.4) is 0 Å². The molecule has 3 rings (SSSR count). The third-order valence-corrected chi connectivity index (χ3v) is 4.70. The van der Waals surface area contributed by atoms with Crippen molar-refractivity contribution in [3.63, 3.8) is 0 Å². The van der Waals surface area contributed by atoms with E-state index in [1.54, 1.807) is 0 Å². The predicted octanol–water partition coefficient (Wildman–Crippen LogP) is 1.73. The van der Waals surface area contributed by atoms with Crippen molar-refractivity contribution in [1.82, 2.24) is 0 Å². The van der Waals surface area contributed by atoms with Crippen molar-refractivity contribution in [3.05, 3.63) is 23.8 Å². The maximum absolute atomic E-state index is 11.7. The first-order valence-electron chi connectivity index (χ1n) is 6.85. The first-order chi connectivity index (χ1) is 8.92. The van der Waals surface area contributed by atoms with Gasteiger partial charge in [0, 0.05) is 11.5 Å². The zero-order chi connectivity index (χ0) is 13.8. The number of allylic oxidation sites excluding steroid dienone is 1. The molecule has 0 aromatic carbocycles. The molecule has 0 saturated carbocycles. The third kappa shape index (κ3) is 2.03. The maximum atomic E-state index is 11.7. The molecule has 2 fully saturated rings. The van der Waals surface area contributed by atoms with E-state index in [0.29, 0.717) is 12.0 Å². The highest BCUT2D eigenvalue weighted by molar-refractivity contribution is 5.91. The van der Waals surface area contributed by atoms with Gasteiger partial charge in [0.1, 0.15) is 12.2 Å². The van der Waals surface area contributed by atoms with Crippen molar-refractivity contribution in [2.45, 2.75) is 57.0 Å². The average molecular weight is 264 g/mol. The lowest BCUT2D eigenvalue weighted by Crippen LogP contribution is -2.31. The molecule has 3 aliphatic rings. The minimum atomic E-state index is -0.540. The van der Waals surface area contributed by atoms with Crippen molar-refractivity contribution in [1.29, 1.82) is 0 Å². The molecular weight excluding hydrogens is 244 g/mol. The van der Waals surface area contributed by atoms with E-state index in [1.165, 1.54) is 0 Å². The molecule has 1 aliphatic carbocycles.